The number of aromatic nitrogens is 2. The first kappa shape index (κ1) is 8.58. The van der Waals surface area contributed by atoms with Gasteiger partial charge in [0.2, 0.25) is 0 Å². The Morgan fingerprint density at radius 1 is 1.17 bits per heavy atom. The van der Waals surface area contributed by atoms with E-state index in [1.807, 2.05) is 0 Å². The summed E-state index contributed by atoms with van der Waals surface area (Å²) in [5.74, 6) is 0.565. The van der Waals surface area contributed by atoms with Gasteiger partial charge >= 0.3 is 5.69 Å². The Labute approximate surface area is 69.6 Å². The average molecular weight is 167 g/mol. The zero-order chi connectivity index (χ0) is 9.30. The Morgan fingerprint density at radius 3 is 1.92 bits per heavy atom. The van der Waals surface area contributed by atoms with E-state index in [0.29, 0.717) is 17.2 Å². The van der Waals surface area contributed by atoms with E-state index in [1.54, 1.807) is 20.8 Å². The molecule has 0 spiro atoms. The normalized spacial score (nSPS) is 9.92. The minimum Gasteiger partial charge on any atom is -0.258 e. The van der Waals surface area contributed by atoms with Crippen molar-refractivity contribution in [3.8, 4) is 0 Å². The molecule has 0 N–H and O–H groups in total. The van der Waals surface area contributed by atoms with Crippen LogP contribution >= 0.6 is 0 Å². The average Bonchev–Trinajstić information content (AvgIpc) is 1.82. The lowest BCUT2D eigenvalue weighted by molar-refractivity contribution is -0.386. The number of nitro groups is 1. The molecule has 0 bridgehead atoms. The third-order valence-corrected chi connectivity index (χ3v) is 1.53. The van der Waals surface area contributed by atoms with Crippen molar-refractivity contribution in [2.45, 2.75) is 20.8 Å². The summed E-state index contributed by atoms with van der Waals surface area (Å²) in [6, 6.07) is 0. The van der Waals surface area contributed by atoms with Crippen LogP contribution in [0.25, 0.3) is 0 Å². The van der Waals surface area contributed by atoms with E-state index in [1.165, 1.54) is 0 Å². The van der Waals surface area contributed by atoms with E-state index in [9.17, 15) is 10.1 Å². The zero-order valence-electron chi connectivity index (χ0n) is 7.16. The summed E-state index contributed by atoms with van der Waals surface area (Å²) in [6.07, 6.45) is 0. The molecule has 0 aliphatic heterocycles. The second-order valence-corrected chi connectivity index (χ2v) is 2.55. The van der Waals surface area contributed by atoms with Gasteiger partial charge in [-0.05, 0) is 20.8 Å². The van der Waals surface area contributed by atoms with Gasteiger partial charge in [0, 0.05) is 0 Å². The molecule has 5 heteroatoms. The van der Waals surface area contributed by atoms with Crippen LogP contribution in [-0.4, -0.2) is 14.9 Å². The number of hydrogen-bond acceptors (Lipinski definition) is 4. The van der Waals surface area contributed by atoms with Gasteiger partial charge in [-0.15, -0.1) is 0 Å². The molecule has 0 saturated carbocycles. The Balaban J connectivity index is 3.38. The fourth-order valence-corrected chi connectivity index (χ4v) is 1.14. The van der Waals surface area contributed by atoms with Crippen LogP contribution in [0.4, 0.5) is 5.69 Å². The molecule has 0 radical (unpaired) electrons. The Morgan fingerprint density at radius 2 is 1.58 bits per heavy atom. The van der Waals surface area contributed by atoms with Crippen molar-refractivity contribution in [3.05, 3.63) is 27.3 Å². The predicted molar refractivity (Wildman–Crippen MR) is 42.9 cm³/mol. The van der Waals surface area contributed by atoms with Crippen LogP contribution in [0.15, 0.2) is 0 Å². The summed E-state index contributed by atoms with van der Waals surface area (Å²) >= 11 is 0. The summed E-state index contributed by atoms with van der Waals surface area (Å²) in [5, 5.41) is 10.5. The van der Waals surface area contributed by atoms with Crippen LogP contribution in [0.1, 0.15) is 17.2 Å². The highest BCUT2D eigenvalue weighted by Crippen LogP contribution is 2.18. The Kier molecular flexibility index (Phi) is 2.03. The van der Waals surface area contributed by atoms with E-state index >= 15 is 0 Å². The van der Waals surface area contributed by atoms with E-state index in [2.05, 4.69) is 9.97 Å². The maximum Gasteiger partial charge on any atom is 0.311 e. The Hall–Kier alpha value is -1.52. The molecule has 0 fully saturated rings. The predicted octanol–water partition coefficient (Wildman–Crippen LogP) is 1.31. The summed E-state index contributed by atoms with van der Waals surface area (Å²) in [7, 11) is 0. The second-order valence-electron chi connectivity index (χ2n) is 2.55. The maximum atomic E-state index is 10.5. The molecule has 0 aliphatic rings. The largest absolute Gasteiger partial charge is 0.311 e. The zero-order valence-corrected chi connectivity index (χ0v) is 7.16. The molecule has 0 aliphatic carbocycles. The summed E-state index contributed by atoms with van der Waals surface area (Å²) in [5.41, 5.74) is 0.857. The van der Waals surface area contributed by atoms with Crippen molar-refractivity contribution in [3.63, 3.8) is 0 Å². The molecule has 1 heterocycles. The molecular formula is C7H9N3O2. The molecule has 1 aromatic heterocycles. The van der Waals surface area contributed by atoms with Crippen molar-refractivity contribution in [2.75, 3.05) is 0 Å². The first-order valence-electron chi connectivity index (χ1n) is 3.48. The lowest BCUT2D eigenvalue weighted by Crippen LogP contribution is -2.02. The monoisotopic (exact) mass is 167 g/mol. The van der Waals surface area contributed by atoms with Gasteiger partial charge in [0.25, 0.3) is 0 Å². The van der Waals surface area contributed by atoms with E-state index in [4.69, 9.17) is 0 Å². The first-order chi connectivity index (χ1) is 5.52. The minimum absolute atomic E-state index is 0.0144. The highest BCUT2D eigenvalue weighted by Gasteiger charge is 2.16. The Bertz CT molecular complexity index is 312. The van der Waals surface area contributed by atoms with Gasteiger partial charge in [-0.1, -0.05) is 0 Å². The van der Waals surface area contributed by atoms with Gasteiger partial charge in [-0.2, -0.15) is 0 Å². The number of rotatable bonds is 1. The summed E-state index contributed by atoms with van der Waals surface area (Å²) < 4.78 is 0. The van der Waals surface area contributed by atoms with E-state index < -0.39 is 4.92 Å². The summed E-state index contributed by atoms with van der Waals surface area (Å²) in [6.45, 7) is 4.93. The van der Waals surface area contributed by atoms with Crippen molar-refractivity contribution in [2.24, 2.45) is 0 Å². The molecule has 0 unspecified atom stereocenters. The van der Waals surface area contributed by atoms with E-state index in [-0.39, 0.29) is 5.69 Å². The molecule has 12 heavy (non-hydrogen) atoms. The summed E-state index contributed by atoms with van der Waals surface area (Å²) in [4.78, 5) is 17.8. The number of aryl methyl sites for hydroxylation is 3. The van der Waals surface area contributed by atoms with Crippen molar-refractivity contribution in [1.29, 1.82) is 0 Å². The van der Waals surface area contributed by atoms with Gasteiger partial charge in [-0.3, -0.25) is 10.1 Å². The van der Waals surface area contributed by atoms with Crippen LogP contribution in [0.5, 0.6) is 0 Å². The SMILES string of the molecule is Cc1nc(C)c([N+](=O)[O-])c(C)n1. The molecule has 5 nitrogen and oxygen atoms in total. The lowest BCUT2D eigenvalue weighted by atomic mass is 10.3. The van der Waals surface area contributed by atoms with Gasteiger partial charge in [0.1, 0.15) is 17.2 Å². The van der Waals surface area contributed by atoms with E-state index in [0.717, 1.165) is 0 Å². The highest BCUT2D eigenvalue weighted by atomic mass is 16.6. The second kappa shape index (κ2) is 2.84. The van der Waals surface area contributed by atoms with Crippen molar-refractivity contribution >= 4 is 5.69 Å². The minimum atomic E-state index is -0.454. The topological polar surface area (TPSA) is 68.9 Å². The third-order valence-electron chi connectivity index (χ3n) is 1.53. The van der Waals surface area contributed by atoms with Gasteiger partial charge in [0.05, 0.1) is 4.92 Å². The molecular weight excluding hydrogens is 158 g/mol. The van der Waals surface area contributed by atoms with Crippen LogP contribution in [0.3, 0.4) is 0 Å². The molecule has 0 saturated heterocycles. The fourth-order valence-electron chi connectivity index (χ4n) is 1.14. The molecule has 0 atom stereocenters. The van der Waals surface area contributed by atoms with Crippen molar-refractivity contribution in [1.82, 2.24) is 9.97 Å². The fraction of sp³-hybridized carbons (Fsp3) is 0.429. The molecule has 0 amide bonds. The molecule has 64 valence electrons. The maximum absolute atomic E-state index is 10.5. The van der Waals surface area contributed by atoms with Crippen LogP contribution in [-0.2, 0) is 0 Å². The van der Waals surface area contributed by atoms with Crippen LogP contribution in [0.2, 0.25) is 0 Å². The van der Waals surface area contributed by atoms with Gasteiger partial charge in [-0.25, -0.2) is 9.97 Å². The first-order valence-corrected chi connectivity index (χ1v) is 3.48. The third kappa shape index (κ3) is 1.39. The highest BCUT2D eigenvalue weighted by molar-refractivity contribution is 5.38. The molecule has 1 aromatic rings. The van der Waals surface area contributed by atoms with Crippen LogP contribution in [0, 0.1) is 30.9 Å². The lowest BCUT2D eigenvalue weighted by Gasteiger charge is -2.00. The number of hydrogen-bond donors (Lipinski definition) is 0. The molecule has 1 rings (SSSR count). The van der Waals surface area contributed by atoms with Crippen LogP contribution < -0.4 is 0 Å². The molecule has 0 aromatic carbocycles. The van der Waals surface area contributed by atoms with Gasteiger partial charge < -0.3 is 0 Å². The quantitative estimate of drug-likeness (QED) is 0.467. The smallest absolute Gasteiger partial charge is 0.258 e. The van der Waals surface area contributed by atoms with Gasteiger partial charge in [0.15, 0.2) is 0 Å². The number of nitrogens with zero attached hydrogens (tertiary/aromatic N) is 3. The van der Waals surface area contributed by atoms with Crippen molar-refractivity contribution < 1.29 is 4.92 Å². The standard InChI is InChI=1S/C7H9N3O2/c1-4-7(10(11)12)5(2)9-6(3)8-4/h1-3H3.